The topological polar surface area (TPSA) is 17.3 Å². The minimum Gasteiger partial charge on any atom is -0.313 e. The van der Waals surface area contributed by atoms with Gasteiger partial charge in [0.05, 0.1) is 11.4 Å². The van der Waals surface area contributed by atoms with E-state index in [0.29, 0.717) is 6.04 Å². The van der Waals surface area contributed by atoms with Crippen LogP contribution in [0.2, 0.25) is 0 Å². The van der Waals surface area contributed by atoms with Gasteiger partial charge in [-0.05, 0) is 44.0 Å². The molecule has 4 rings (SSSR count). The third-order valence-corrected chi connectivity index (χ3v) is 5.37. The molecule has 0 N–H and O–H groups in total. The summed E-state index contributed by atoms with van der Waals surface area (Å²) in [4.78, 5) is 5.97. The van der Waals surface area contributed by atoms with Crippen molar-refractivity contribution in [1.29, 1.82) is 0 Å². The summed E-state index contributed by atoms with van der Waals surface area (Å²) in [6, 6.07) is 17.5. The lowest BCUT2D eigenvalue weighted by atomic mass is 10.2. The van der Waals surface area contributed by atoms with Gasteiger partial charge >= 0.3 is 0 Å². The van der Waals surface area contributed by atoms with Crippen LogP contribution in [0.4, 0.5) is 5.69 Å². The van der Waals surface area contributed by atoms with Gasteiger partial charge in [-0.3, -0.25) is 0 Å². The number of rotatable bonds is 3. The second-order valence-corrected chi connectivity index (χ2v) is 7.71. The SMILES string of the molecule is Cc1ccc(N=c2scc(-c3cccc(Br)c3)n2C2CC2)cc1. The Kier molecular flexibility index (Phi) is 3.95. The molecule has 3 aromatic rings. The van der Waals surface area contributed by atoms with Gasteiger partial charge in [-0.25, -0.2) is 4.99 Å². The van der Waals surface area contributed by atoms with Crippen LogP contribution in [-0.4, -0.2) is 4.57 Å². The first-order valence-corrected chi connectivity index (χ1v) is 9.45. The molecule has 1 heterocycles. The number of aryl methyl sites for hydroxylation is 1. The zero-order valence-corrected chi connectivity index (χ0v) is 15.3. The number of nitrogens with zero attached hydrogens (tertiary/aromatic N) is 2. The lowest BCUT2D eigenvalue weighted by molar-refractivity contribution is 0.725. The Labute approximate surface area is 148 Å². The average Bonchev–Trinajstić information content (AvgIpc) is 3.30. The van der Waals surface area contributed by atoms with E-state index in [4.69, 9.17) is 4.99 Å². The van der Waals surface area contributed by atoms with E-state index in [1.807, 2.05) is 0 Å². The molecule has 0 amide bonds. The lowest BCUT2D eigenvalue weighted by Crippen LogP contribution is -2.14. The van der Waals surface area contributed by atoms with E-state index in [9.17, 15) is 0 Å². The smallest absolute Gasteiger partial charge is 0.190 e. The van der Waals surface area contributed by atoms with Gasteiger partial charge in [0.15, 0.2) is 4.80 Å². The van der Waals surface area contributed by atoms with Gasteiger partial charge in [-0.15, -0.1) is 11.3 Å². The summed E-state index contributed by atoms with van der Waals surface area (Å²) in [5.74, 6) is 0. The predicted molar refractivity (Wildman–Crippen MR) is 100 cm³/mol. The van der Waals surface area contributed by atoms with Crippen molar-refractivity contribution in [2.24, 2.45) is 4.99 Å². The number of benzene rings is 2. The maximum absolute atomic E-state index is 4.88. The molecular weight excluding hydrogens is 368 g/mol. The molecule has 0 unspecified atom stereocenters. The second kappa shape index (κ2) is 6.10. The van der Waals surface area contributed by atoms with E-state index >= 15 is 0 Å². The van der Waals surface area contributed by atoms with Crippen LogP contribution in [0.1, 0.15) is 24.4 Å². The summed E-state index contributed by atoms with van der Waals surface area (Å²) in [5.41, 5.74) is 4.80. The van der Waals surface area contributed by atoms with Crippen LogP contribution in [0.25, 0.3) is 11.3 Å². The minimum absolute atomic E-state index is 0.597. The highest BCUT2D eigenvalue weighted by Gasteiger charge is 2.27. The third kappa shape index (κ3) is 3.19. The molecule has 4 heteroatoms. The molecule has 0 atom stereocenters. The Hall–Kier alpha value is -1.65. The molecule has 2 aromatic carbocycles. The molecule has 1 aliphatic rings. The maximum atomic E-state index is 4.88. The predicted octanol–water partition coefficient (Wildman–Crippen LogP) is 5.85. The normalized spacial score (nSPS) is 15.1. The Balaban J connectivity index is 1.84. The molecule has 1 saturated carbocycles. The highest BCUT2D eigenvalue weighted by molar-refractivity contribution is 9.10. The highest BCUT2D eigenvalue weighted by Crippen LogP contribution is 2.38. The van der Waals surface area contributed by atoms with Gasteiger partial charge in [-0.2, -0.15) is 0 Å². The molecule has 116 valence electrons. The molecule has 2 nitrogen and oxygen atoms in total. The number of hydrogen-bond donors (Lipinski definition) is 0. The Morgan fingerprint density at radius 3 is 2.61 bits per heavy atom. The van der Waals surface area contributed by atoms with E-state index in [1.165, 1.54) is 29.7 Å². The molecule has 23 heavy (non-hydrogen) atoms. The number of aromatic nitrogens is 1. The van der Waals surface area contributed by atoms with E-state index in [2.05, 4.69) is 81.3 Å². The van der Waals surface area contributed by atoms with Gasteiger partial charge in [-0.1, -0.05) is 45.8 Å². The van der Waals surface area contributed by atoms with Crippen molar-refractivity contribution in [2.45, 2.75) is 25.8 Å². The molecule has 0 spiro atoms. The number of hydrogen-bond acceptors (Lipinski definition) is 2. The van der Waals surface area contributed by atoms with Crippen LogP contribution < -0.4 is 4.80 Å². The highest BCUT2D eigenvalue weighted by atomic mass is 79.9. The van der Waals surface area contributed by atoms with E-state index in [-0.39, 0.29) is 0 Å². The van der Waals surface area contributed by atoms with Crippen molar-refractivity contribution in [3.8, 4) is 11.3 Å². The van der Waals surface area contributed by atoms with E-state index < -0.39 is 0 Å². The van der Waals surface area contributed by atoms with Crippen LogP contribution >= 0.6 is 27.3 Å². The van der Waals surface area contributed by atoms with Crippen LogP contribution in [0.5, 0.6) is 0 Å². The van der Waals surface area contributed by atoms with Crippen LogP contribution in [0.3, 0.4) is 0 Å². The first kappa shape index (κ1) is 14.9. The second-order valence-electron chi connectivity index (χ2n) is 5.96. The van der Waals surface area contributed by atoms with Gasteiger partial charge in [0.25, 0.3) is 0 Å². The van der Waals surface area contributed by atoms with E-state index in [0.717, 1.165) is 15.0 Å². The average molecular weight is 385 g/mol. The summed E-state index contributed by atoms with van der Waals surface area (Å²) >= 11 is 5.30. The quantitative estimate of drug-likeness (QED) is 0.538. The van der Waals surface area contributed by atoms with Crippen molar-refractivity contribution in [2.75, 3.05) is 0 Å². The molecule has 1 aliphatic carbocycles. The van der Waals surface area contributed by atoms with Crippen molar-refractivity contribution < 1.29 is 0 Å². The fourth-order valence-corrected chi connectivity index (χ4v) is 4.06. The number of thiazole rings is 1. The van der Waals surface area contributed by atoms with Gasteiger partial charge < -0.3 is 4.57 Å². The summed E-state index contributed by atoms with van der Waals surface area (Å²) in [6.45, 7) is 2.10. The van der Waals surface area contributed by atoms with Gasteiger partial charge in [0.2, 0.25) is 0 Å². The number of halogens is 1. The Bertz CT molecular complexity index is 902. The molecule has 0 aliphatic heterocycles. The van der Waals surface area contributed by atoms with Crippen molar-refractivity contribution in [3.05, 3.63) is 68.7 Å². The molecule has 1 fully saturated rings. The van der Waals surface area contributed by atoms with Gasteiger partial charge in [0.1, 0.15) is 0 Å². The fraction of sp³-hybridized carbons (Fsp3) is 0.211. The summed E-state index contributed by atoms with van der Waals surface area (Å²) < 4.78 is 3.52. The molecule has 0 bridgehead atoms. The van der Waals surface area contributed by atoms with Crippen LogP contribution in [0, 0.1) is 6.92 Å². The molecule has 0 radical (unpaired) electrons. The van der Waals surface area contributed by atoms with Crippen molar-refractivity contribution >= 4 is 33.0 Å². The molecule has 1 aromatic heterocycles. The minimum atomic E-state index is 0.597. The van der Waals surface area contributed by atoms with Gasteiger partial charge in [0, 0.05) is 21.5 Å². The summed E-state index contributed by atoms with van der Waals surface area (Å²) in [7, 11) is 0. The molecule has 0 saturated heterocycles. The fourth-order valence-electron chi connectivity index (χ4n) is 2.68. The Morgan fingerprint density at radius 1 is 1.13 bits per heavy atom. The third-order valence-electron chi connectivity index (χ3n) is 4.03. The van der Waals surface area contributed by atoms with Crippen molar-refractivity contribution in [3.63, 3.8) is 0 Å². The summed E-state index contributed by atoms with van der Waals surface area (Å²) in [6.07, 6.45) is 2.50. The van der Waals surface area contributed by atoms with E-state index in [1.54, 1.807) is 11.3 Å². The zero-order chi connectivity index (χ0) is 15.8. The molecular formula is C19H17BrN2S. The van der Waals surface area contributed by atoms with Crippen LogP contribution in [-0.2, 0) is 0 Å². The zero-order valence-electron chi connectivity index (χ0n) is 12.9. The standard InChI is InChI=1S/C19H17BrN2S/c1-13-5-7-16(8-6-13)21-19-22(17-9-10-17)18(12-23-19)14-3-2-4-15(20)11-14/h2-8,11-12,17H,9-10H2,1H3. The Morgan fingerprint density at radius 2 is 1.91 bits per heavy atom. The monoisotopic (exact) mass is 384 g/mol. The largest absolute Gasteiger partial charge is 0.313 e. The maximum Gasteiger partial charge on any atom is 0.190 e. The van der Waals surface area contributed by atoms with Crippen LogP contribution in [0.15, 0.2) is 63.4 Å². The summed E-state index contributed by atoms with van der Waals surface area (Å²) in [5, 5.41) is 2.23. The van der Waals surface area contributed by atoms with Crippen molar-refractivity contribution in [1.82, 2.24) is 4.57 Å². The first-order valence-electron chi connectivity index (χ1n) is 7.78. The lowest BCUT2D eigenvalue weighted by Gasteiger charge is -2.08. The first-order chi connectivity index (χ1) is 11.2.